The summed E-state index contributed by atoms with van der Waals surface area (Å²) < 4.78 is 5.53. The third-order valence-electron chi connectivity index (χ3n) is 5.16. The van der Waals surface area contributed by atoms with Crippen molar-refractivity contribution < 1.29 is 4.74 Å². The Balaban J connectivity index is 0.00000243. The number of rotatable bonds is 5. The first kappa shape index (κ1) is 21.4. The fourth-order valence-electron chi connectivity index (χ4n) is 3.91. The molecule has 1 N–H and O–H groups in total. The predicted molar refractivity (Wildman–Crippen MR) is 120 cm³/mol. The van der Waals surface area contributed by atoms with Crippen LogP contribution < -0.4 is 10.2 Å². The van der Waals surface area contributed by atoms with E-state index >= 15 is 0 Å². The highest BCUT2D eigenvalue weighted by atomic mass is 127. The number of para-hydroxylation sites is 1. The molecule has 0 aliphatic carbocycles. The number of benzene rings is 1. The average Bonchev–Trinajstić information content (AvgIpc) is 3.06. The standard InChI is InChI=1S/C20H32N4O.HI/c1-16(2)14-18(23-10-12-25-13-11-23)15-22-20(21-3)24-9-8-17-6-4-5-7-19(17)24;/h4-7,16,18H,8-15H2,1-3H3,(H,21,22);1H. The molecule has 6 heteroatoms. The van der Waals surface area contributed by atoms with E-state index in [1.165, 1.54) is 17.7 Å². The van der Waals surface area contributed by atoms with Crippen LogP contribution in [0, 0.1) is 5.92 Å². The first-order valence-corrected chi connectivity index (χ1v) is 9.57. The first-order chi connectivity index (χ1) is 12.2. The van der Waals surface area contributed by atoms with Crippen molar-refractivity contribution in [3.8, 4) is 0 Å². The van der Waals surface area contributed by atoms with Gasteiger partial charge in [0.15, 0.2) is 5.96 Å². The summed E-state index contributed by atoms with van der Waals surface area (Å²) in [5, 5.41) is 3.65. The van der Waals surface area contributed by atoms with Gasteiger partial charge in [0.25, 0.3) is 0 Å². The van der Waals surface area contributed by atoms with E-state index in [4.69, 9.17) is 4.74 Å². The van der Waals surface area contributed by atoms with E-state index in [0.29, 0.717) is 12.0 Å². The van der Waals surface area contributed by atoms with Crippen LogP contribution in [0.5, 0.6) is 0 Å². The molecule has 3 rings (SSSR count). The van der Waals surface area contributed by atoms with Crippen LogP contribution in [0.3, 0.4) is 0 Å². The summed E-state index contributed by atoms with van der Waals surface area (Å²) in [6.07, 6.45) is 2.29. The number of hydrogen-bond acceptors (Lipinski definition) is 3. The summed E-state index contributed by atoms with van der Waals surface area (Å²) in [5.74, 6) is 1.68. The van der Waals surface area contributed by atoms with Gasteiger partial charge in [-0.1, -0.05) is 32.0 Å². The molecule has 2 heterocycles. The Kier molecular flexibility index (Phi) is 8.63. The molecular weight excluding hydrogens is 439 g/mol. The van der Waals surface area contributed by atoms with Crippen LogP contribution in [0.1, 0.15) is 25.8 Å². The SMILES string of the molecule is CN=C(NCC(CC(C)C)N1CCOCC1)N1CCc2ccccc21.I. The molecule has 1 unspecified atom stereocenters. The molecule has 2 aliphatic heterocycles. The first-order valence-electron chi connectivity index (χ1n) is 9.57. The molecule has 5 nitrogen and oxygen atoms in total. The maximum absolute atomic E-state index is 5.53. The number of aliphatic imine (C=N–C) groups is 1. The van der Waals surface area contributed by atoms with Crippen LogP contribution in [-0.4, -0.2) is 63.3 Å². The molecule has 0 bridgehead atoms. The molecule has 0 aromatic heterocycles. The van der Waals surface area contributed by atoms with Gasteiger partial charge in [0.1, 0.15) is 0 Å². The van der Waals surface area contributed by atoms with E-state index in [2.05, 4.69) is 58.2 Å². The molecule has 0 radical (unpaired) electrons. The number of nitrogens with zero attached hydrogens (tertiary/aromatic N) is 3. The number of halogens is 1. The molecule has 0 amide bonds. The summed E-state index contributed by atoms with van der Waals surface area (Å²) in [4.78, 5) is 9.45. The van der Waals surface area contributed by atoms with Gasteiger partial charge in [0.2, 0.25) is 0 Å². The van der Waals surface area contributed by atoms with Gasteiger partial charge in [-0.05, 0) is 30.4 Å². The number of ether oxygens (including phenoxy) is 1. The molecule has 1 saturated heterocycles. The van der Waals surface area contributed by atoms with Crippen LogP contribution >= 0.6 is 24.0 Å². The maximum atomic E-state index is 5.53. The Bertz CT molecular complexity index is 587. The average molecular weight is 472 g/mol. The number of morpholine rings is 1. The number of guanidine groups is 1. The highest BCUT2D eigenvalue weighted by Crippen LogP contribution is 2.27. The van der Waals surface area contributed by atoms with Gasteiger partial charge in [-0.15, -0.1) is 24.0 Å². The maximum Gasteiger partial charge on any atom is 0.198 e. The van der Waals surface area contributed by atoms with E-state index in [-0.39, 0.29) is 24.0 Å². The Morgan fingerprint density at radius 2 is 1.92 bits per heavy atom. The van der Waals surface area contributed by atoms with Crippen molar-refractivity contribution in [3.05, 3.63) is 29.8 Å². The Morgan fingerprint density at radius 1 is 1.19 bits per heavy atom. The summed E-state index contributed by atoms with van der Waals surface area (Å²) in [6.45, 7) is 10.3. The van der Waals surface area contributed by atoms with Crippen LogP contribution in [0.25, 0.3) is 0 Å². The van der Waals surface area contributed by atoms with Crippen molar-refractivity contribution >= 4 is 35.6 Å². The van der Waals surface area contributed by atoms with E-state index in [1.54, 1.807) is 0 Å². The summed E-state index contributed by atoms with van der Waals surface area (Å²) in [7, 11) is 1.88. The zero-order chi connectivity index (χ0) is 17.6. The summed E-state index contributed by atoms with van der Waals surface area (Å²) >= 11 is 0. The normalized spacial score (nSPS) is 19.2. The lowest BCUT2D eigenvalue weighted by Crippen LogP contribution is -2.51. The van der Waals surface area contributed by atoms with Gasteiger partial charge in [-0.25, -0.2) is 0 Å². The monoisotopic (exact) mass is 472 g/mol. The van der Waals surface area contributed by atoms with Crippen molar-refractivity contribution in [1.82, 2.24) is 10.2 Å². The molecule has 1 aromatic carbocycles. The van der Waals surface area contributed by atoms with E-state index in [0.717, 1.165) is 51.8 Å². The van der Waals surface area contributed by atoms with Gasteiger partial charge < -0.3 is 15.0 Å². The van der Waals surface area contributed by atoms with Crippen molar-refractivity contribution in [3.63, 3.8) is 0 Å². The molecule has 26 heavy (non-hydrogen) atoms. The van der Waals surface area contributed by atoms with Gasteiger partial charge in [-0.2, -0.15) is 0 Å². The quantitative estimate of drug-likeness (QED) is 0.407. The number of anilines is 1. The minimum Gasteiger partial charge on any atom is -0.379 e. The highest BCUT2D eigenvalue weighted by molar-refractivity contribution is 14.0. The van der Waals surface area contributed by atoms with E-state index in [1.807, 2.05) is 7.05 Å². The zero-order valence-corrected chi connectivity index (χ0v) is 18.6. The van der Waals surface area contributed by atoms with Crippen LogP contribution in [0.15, 0.2) is 29.3 Å². The second-order valence-electron chi connectivity index (χ2n) is 7.39. The number of nitrogens with one attached hydrogen (secondary N) is 1. The van der Waals surface area contributed by atoms with Gasteiger partial charge in [0.05, 0.1) is 13.2 Å². The summed E-state index contributed by atoms with van der Waals surface area (Å²) in [6, 6.07) is 9.18. The van der Waals surface area contributed by atoms with Crippen molar-refractivity contribution in [2.45, 2.75) is 32.7 Å². The molecule has 1 fully saturated rings. The molecule has 146 valence electrons. The van der Waals surface area contributed by atoms with Crippen molar-refractivity contribution in [1.29, 1.82) is 0 Å². The Hall–Kier alpha value is -0.860. The predicted octanol–water partition coefficient (Wildman–Crippen LogP) is 2.99. The molecule has 1 atom stereocenters. The Morgan fingerprint density at radius 3 is 2.62 bits per heavy atom. The van der Waals surface area contributed by atoms with E-state index < -0.39 is 0 Å². The second-order valence-corrected chi connectivity index (χ2v) is 7.39. The fraction of sp³-hybridized carbons (Fsp3) is 0.650. The summed E-state index contributed by atoms with van der Waals surface area (Å²) in [5.41, 5.74) is 2.71. The van der Waals surface area contributed by atoms with Crippen LogP contribution in [0.2, 0.25) is 0 Å². The molecule has 1 aromatic rings. The zero-order valence-electron chi connectivity index (χ0n) is 16.3. The van der Waals surface area contributed by atoms with E-state index in [9.17, 15) is 0 Å². The lowest BCUT2D eigenvalue weighted by atomic mass is 10.0. The van der Waals surface area contributed by atoms with Crippen LogP contribution in [0.4, 0.5) is 5.69 Å². The molecule has 2 aliphatic rings. The third kappa shape index (κ3) is 5.33. The highest BCUT2D eigenvalue weighted by Gasteiger charge is 2.25. The molecule has 0 saturated carbocycles. The minimum atomic E-state index is 0. The Labute approximate surface area is 175 Å². The topological polar surface area (TPSA) is 40.1 Å². The number of hydrogen-bond donors (Lipinski definition) is 1. The third-order valence-corrected chi connectivity index (χ3v) is 5.16. The van der Waals surface area contributed by atoms with Crippen molar-refractivity contribution in [2.24, 2.45) is 10.9 Å². The lowest BCUT2D eigenvalue weighted by Gasteiger charge is -2.36. The van der Waals surface area contributed by atoms with Crippen LogP contribution in [-0.2, 0) is 11.2 Å². The largest absolute Gasteiger partial charge is 0.379 e. The van der Waals surface area contributed by atoms with Gasteiger partial charge in [0, 0.05) is 45.0 Å². The van der Waals surface area contributed by atoms with Crippen molar-refractivity contribution in [2.75, 3.05) is 51.3 Å². The lowest BCUT2D eigenvalue weighted by molar-refractivity contribution is 0.0133. The number of fused-ring (bicyclic) bond motifs is 1. The molecular formula is C20H33IN4O. The fourth-order valence-corrected chi connectivity index (χ4v) is 3.91. The minimum absolute atomic E-state index is 0. The second kappa shape index (κ2) is 10.5. The molecule has 0 spiro atoms. The smallest absolute Gasteiger partial charge is 0.198 e. The van der Waals surface area contributed by atoms with Gasteiger partial charge >= 0.3 is 0 Å². The van der Waals surface area contributed by atoms with Gasteiger partial charge in [-0.3, -0.25) is 9.89 Å².